The van der Waals surface area contributed by atoms with Crippen LogP contribution in [-0.2, 0) is 17.8 Å². The second-order valence-electron chi connectivity index (χ2n) is 7.11. The fourth-order valence-electron chi connectivity index (χ4n) is 3.43. The second kappa shape index (κ2) is 10.3. The molecule has 0 spiro atoms. The van der Waals surface area contributed by atoms with Gasteiger partial charge in [-0.2, -0.15) is 0 Å². The lowest BCUT2D eigenvalue weighted by molar-refractivity contribution is -0.116. The first-order valence-corrected chi connectivity index (χ1v) is 10.4. The molecule has 4 rings (SSSR count). The first-order chi connectivity index (χ1) is 15.3. The van der Waals surface area contributed by atoms with E-state index in [9.17, 15) is 4.79 Å². The molecule has 0 aliphatic heterocycles. The molecule has 5 heteroatoms. The summed E-state index contributed by atoms with van der Waals surface area (Å²) in [4.78, 5) is 16.9. The van der Waals surface area contributed by atoms with Crippen LogP contribution in [0.3, 0.4) is 0 Å². The zero-order valence-corrected chi connectivity index (χ0v) is 17.3. The van der Waals surface area contributed by atoms with Crippen molar-refractivity contribution in [2.75, 3.05) is 13.2 Å². The predicted octanol–water partition coefficient (Wildman–Crippen LogP) is 4.49. The number of carbonyl (C=O) groups excluding carboxylic acids is 1. The van der Waals surface area contributed by atoms with Crippen LogP contribution in [0.5, 0.6) is 5.75 Å². The molecule has 5 nitrogen and oxygen atoms in total. The quantitative estimate of drug-likeness (QED) is 0.413. The number of amides is 1. The van der Waals surface area contributed by atoms with E-state index in [0.29, 0.717) is 26.1 Å². The van der Waals surface area contributed by atoms with Gasteiger partial charge in [0.25, 0.3) is 0 Å². The maximum absolute atomic E-state index is 12.1. The van der Waals surface area contributed by atoms with E-state index in [0.717, 1.165) is 28.2 Å². The minimum Gasteiger partial charge on any atom is -0.492 e. The Hall–Kier alpha value is -3.86. The van der Waals surface area contributed by atoms with Crippen molar-refractivity contribution in [3.63, 3.8) is 0 Å². The molecule has 0 saturated heterocycles. The van der Waals surface area contributed by atoms with Gasteiger partial charge in [-0.05, 0) is 35.9 Å². The Morgan fingerprint density at radius 3 is 2.45 bits per heavy atom. The predicted molar refractivity (Wildman–Crippen MR) is 124 cm³/mol. The van der Waals surface area contributed by atoms with Crippen LogP contribution in [0.2, 0.25) is 0 Å². The van der Waals surface area contributed by atoms with E-state index in [1.165, 1.54) is 0 Å². The highest BCUT2D eigenvalue weighted by Crippen LogP contribution is 2.17. The summed E-state index contributed by atoms with van der Waals surface area (Å²) in [5.41, 5.74) is 3.02. The molecule has 156 valence electrons. The van der Waals surface area contributed by atoms with Crippen LogP contribution >= 0.6 is 0 Å². The lowest BCUT2D eigenvalue weighted by Crippen LogP contribution is -2.25. The molecule has 1 N–H and O–H groups in total. The molecular weight excluding hydrogens is 386 g/mol. The Morgan fingerprint density at radius 1 is 0.935 bits per heavy atom. The van der Waals surface area contributed by atoms with Crippen molar-refractivity contribution in [2.24, 2.45) is 0 Å². The number of nitrogens with one attached hydrogen (secondary N) is 1. The first kappa shape index (κ1) is 20.4. The van der Waals surface area contributed by atoms with Crippen LogP contribution in [0.1, 0.15) is 11.4 Å². The summed E-state index contributed by atoms with van der Waals surface area (Å²) in [6.07, 6.45) is 4.02. The van der Waals surface area contributed by atoms with Gasteiger partial charge in [-0.15, -0.1) is 0 Å². The van der Waals surface area contributed by atoms with Gasteiger partial charge in [0.15, 0.2) is 0 Å². The molecule has 0 saturated carbocycles. The standard InChI is InChI=1S/C26H25N3O2/c30-26(16-15-21-9-3-1-4-10-21)27-18-17-25-28-23-13-7-8-14-24(23)29(25)19-20-31-22-11-5-2-6-12-22/h1-16H,17-20H2,(H,27,30)/b16-15+. The van der Waals surface area contributed by atoms with E-state index in [-0.39, 0.29) is 5.91 Å². The molecule has 1 amide bonds. The van der Waals surface area contributed by atoms with Crippen molar-refractivity contribution in [1.29, 1.82) is 0 Å². The largest absolute Gasteiger partial charge is 0.492 e. The molecule has 0 radical (unpaired) electrons. The molecule has 0 atom stereocenters. The maximum atomic E-state index is 12.1. The number of para-hydroxylation sites is 3. The van der Waals surface area contributed by atoms with E-state index < -0.39 is 0 Å². The van der Waals surface area contributed by atoms with E-state index in [1.807, 2.05) is 84.9 Å². The topological polar surface area (TPSA) is 56.2 Å². The minimum absolute atomic E-state index is 0.112. The minimum atomic E-state index is -0.112. The number of hydrogen-bond acceptors (Lipinski definition) is 3. The Morgan fingerprint density at radius 2 is 1.65 bits per heavy atom. The molecular formula is C26H25N3O2. The third-order valence-electron chi connectivity index (χ3n) is 4.94. The Balaban J connectivity index is 1.37. The van der Waals surface area contributed by atoms with Crippen molar-refractivity contribution >= 4 is 23.0 Å². The Labute approximate surface area is 182 Å². The van der Waals surface area contributed by atoms with Gasteiger partial charge >= 0.3 is 0 Å². The van der Waals surface area contributed by atoms with Crippen LogP contribution in [0.4, 0.5) is 0 Å². The average molecular weight is 412 g/mol. The number of carbonyl (C=O) groups is 1. The molecule has 0 aliphatic carbocycles. The molecule has 1 aromatic heterocycles. The number of hydrogen-bond donors (Lipinski definition) is 1. The van der Waals surface area contributed by atoms with Crippen molar-refractivity contribution in [3.8, 4) is 5.75 Å². The van der Waals surface area contributed by atoms with Gasteiger partial charge < -0.3 is 14.6 Å². The Bertz CT molecular complexity index is 1150. The highest BCUT2D eigenvalue weighted by atomic mass is 16.5. The van der Waals surface area contributed by atoms with E-state index in [1.54, 1.807) is 6.08 Å². The van der Waals surface area contributed by atoms with Crippen molar-refractivity contribution in [2.45, 2.75) is 13.0 Å². The highest BCUT2D eigenvalue weighted by molar-refractivity contribution is 5.91. The molecule has 1 heterocycles. The van der Waals surface area contributed by atoms with Gasteiger partial charge in [-0.1, -0.05) is 60.7 Å². The number of imidazole rings is 1. The van der Waals surface area contributed by atoms with Crippen molar-refractivity contribution in [3.05, 3.63) is 102 Å². The summed E-state index contributed by atoms with van der Waals surface area (Å²) < 4.78 is 8.04. The molecule has 31 heavy (non-hydrogen) atoms. The molecule has 0 aliphatic rings. The lowest BCUT2D eigenvalue weighted by Gasteiger charge is -2.11. The molecule has 0 unspecified atom stereocenters. The smallest absolute Gasteiger partial charge is 0.244 e. The maximum Gasteiger partial charge on any atom is 0.244 e. The summed E-state index contributed by atoms with van der Waals surface area (Å²) in [6, 6.07) is 27.6. The number of fused-ring (bicyclic) bond motifs is 1. The van der Waals surface area contributed by atoms with Gasteiger partial charge in [-0.25, -0.2) is 4.98 Å². The summed E-state index contributed by atoms with van der Waals surface area (Å²) in [5.74, 6) is 1.68. The summed E-state index contributed by atoms with van der Waals surface area (Å²) in [6.45, 7) is 1.75. The molecule has 3 aromatic carbocycles. The SMILES string of the molecule is O=C(/C=C/c1ccccc1)NCCc1nc2ccccc2n1CCOc1ccccc1. The molecule has 0 fully saturated rings. The highest BCUT2D eigenvalue weighted by Gasteiger charge is 2.10. The fraction of sp³-hybridized carbons (Fsp3) is 0.154. The normalized spacial score (nSPS) is 11.1. The van der Waals surface area contributed by atoms with Crippen LogP contribution < -0.4 is 10.1 Å². The average Bonchev–Trinajstić information content (AvgIpc) is 3.16. The van der Waals surface area contributed by atoms with Gasteiger partial charge in [0, 0.05) is 19.0 Å². The third-order valence-corrected chi connectivity index (χ3v) is 4.94. The molecule has 4 aromatic rings. The van der Waals surface area contributed by atoms with Crippen molar-refractivity contribution in [1.82, 2.24) is 14.9 Å². The van der Waals surface area contributed by atoms with E-state index in [2.05, 4.69) is 16.0 Å². The van der Waals surface area contributed by atoms with Gasteiger partial charge in [0.1, 0.15) is 18.2 Å². The zero-order valence-electron chi connectivity index (χ0n) is 17.3. The van der Waals surface area contributed by atoms with Gasteiger partial charge in [-0.3, -0.25) is 4.79 Å². The van der Waals surface area contributed by atoms with Gasteiger partial charge in [0.2, 0.25) is 5.91 Å². The van der Waals surface area contributed by atoms with Gasteiger partial charge in [0.05, 0.1) is 17.6 Å². The number of nitrogens with zero attached hydrogens (tertiary/aromatic N) is 2. The summed E-state index contributed by atoms with van der Waals surface area (Å²) >= 11 is 0. The first-order valence-electron chi connectivity index (χ1n) is 10.4. The molecule has 0 bridgehead atoms. The van der Waals surface area contributed by atoms with Crippen LogP contribution in [0.25, 0.3) is 17.1 Å². The van der Waals surface area contributed by atoms with E-state index in [4.69, 9.17) is 9.72 Å². The monoisotopic (exact) mass is 411 g/mol. The third kappa shape index (κ3) is 5.60. The summed E-state index contributed by atoms with van der Waals surface area (Å²) in [5, 5.41) is 2.94. The number of benzene rings is 3. The van der Waals surface area contributed by atoms with E-state index >= 15 is 0 Å². The zero-order chi connectivity index (χ0) is 21.3. The lowest BCUT2D eigenvalue weighted by atomic mass is 10.2. The fourth-order valence-corrected chi connectivity index (χ4v) is 3.43. The number of aromatic nitrogens is 2. The number of rotatable bonds is 9. The van der Waals surface area contributed by atoms with Crippen molar-refractivity contribution < 1.29 is 9.53 Å². The Kier molecular flexibility index (Phi) is 6.75. The van der Waals surface area contributed by atoms with Crippen LogP contribution in [0, 0.1) is 0 Å². The van der Waals surface area contributed by atoms with Crippen LogP contribution in [-0.4, -0.2) is 28.6 Å². The van der Waals surface area contributed by atoms with Crippen LogP contribution in [0.15, 0.2) is 91.0 Å². The summed E-state index contributed by atoms with van der Waals surface area (Å²) in [7, 11) is 0. The second-order valence-corrected chi connectivity index (χ2v) is 7.11. The number of ether oxygens (including phenoxy) is 1.